The number of methoxy groups -OCH3 is 1. The van der Waals surface area contributed by atoms with Gasteiger partial charge < -0.3 is 15.0 Å². The van der Waals surface area contributed by atoms with Crippen LogP contribution in [0.15, 0.2) is 36.4 Å². The fourth-order valence-corrected chi connectivity index (χ4v) is 7.90. The van der Waals surface area contributed by atoms with Crippen LogP contribution in [0.2, 0.25) is 5.02 Å². The number of carbonyl (C=O) groups is 1. The lowest BCUT2D eigenvalue weighted by molar-refractivity contribution is -0.123. The Morgan fingerprint density at radius 1 is 1.10 bits per heavy atom. The third-order valence-corrected chi connectivity index (χ3v) is 10.0. The number of amides is 1. The number of aromatic amines is 1. The van der Waals surface area contributed by atoms with Crippen LogP contribution in [0.5, 0.6) is 0 Å². The molecule has 6 aromatic rings. The predicted octanol–water partition coefficient (Wildman–Crippen LogP) is 7.34. The summed E-state index contributed by atoms with van der Waals surface area (Å²) >= 11 is 6.61. The van der Waals surface area contributed by atoms with Crippen LogP contribution >= 0.6 is 11.6 Å². The molecule has 10 nitrogen and oxygen atoms in total. The quantitative estimate of drug-likeness (QED) is 0.142. The molecule has 1 amide bonds. The summed E-state index contributed by atoms with van der Waals surface area (Å²) in [6.07, 6.45) is -3.28. The number of hydrogen-bond acceptors (Lipinski definition) is 6. The van der Waals surface area contributed by atoms with E-state index >= 15 is 8.78 Å². The normalized spacial score (nSPS) is 18.0. The first-order valence-corrected chi connectivity index (χ1v) is 16.6. The second-order valence-electron chi connectivity index (χ2n) is 13.2. The average Bonchev–Trinajstić information content (AvgIpc) is 3.36. The minimum absolute atomic E-state index is 0.0637. The van der Waals surface area contributed by atoms with Crippen molar-refractivity contribution in [2.45, 2.75) is 57.2 Å². The molecule has 17 heteroatoms. The van der Waals surface area contributed by atoms with Crippen molar-refractivity contribution in [1.29, 1.82) is 0 Å². The van der Waals surface area contributed by atoms with Gasteiger partial charge in [0.05, 0.1) is 33.5 Å². The van der Waals surface area contributed by atoms with Gasteiger partial charge in [-0.1, -0.05) is 17.7 Å². The Morgan fingerprint density at radius 2 is 1.85 bits per heavy atom. The van der Waals surface area contributed by atoms with E-state index in [2.05, 4.69) is 25.5 Å². The highest BCUT2D eigenvalue weighted by Gasteiger charge is 2.67. The Kier molecular flexibility index (Phi) is 8.09. The molecule has 270 valence electrons. The highest BCUT2D eigenvalue weighted by atomic mass is 35.5. The molecule has 1 fully saturated rings. The maximum absolute atomic E-state index is 15.3. The van der Waals surface area contributed by atoms with Crippen molar-refractivity contribution in [2.75, 3.05) is 7.11 Å². The molecule has 2 N–H and O–H groups in total. The van der Waals surface area contributed by atoms with Gasteiger partial charge in [0.15, 0.2) is 5.65 Å². The number of aromatic nitrogens is 7. The molecule has 8 rings (SSSR count). The number of fused-ring (bicyclic) bond motifs is 5. The molecule has 4 heterocycles. The summed E-state index contributed by atoms with van der Waals surface area (Å²) in [6, 6.07) is 6.91. The number of hydrogen-bond donors (Lipinski definition) is 2. The molecule has 2 aliphatic carbocycles. The van der Waals surface area contributed by atoms with Gasteiger partial charge in [-0.2, -0.15) is 19.0 Å². The number of nitrogens with one attached hydrogen (secondary N) is 2. The van der Waals surface area contributed by atoms with Crippen molar-refractivity contribution in [3.05, 3.63) is 92.8 Å². The van der Waals surface area contributed by atoms with Gasteiger partial charge >= 0.3 is 0 Å². The number of ether oxygens (including phenoxy) is 1. The summed E-state index contributed by atoms with van der Waals surface area (Å²) < 4.78 is 95.1. The number of imidazole rings is 1. The zero-order valence-corrected chi connectivity index (χ0v) is 28.5. The van der Waals surface area contributed by atoms with Gasteiger partial charge in [0, 0.05) is 48.2 Å². The smallest absolute Gasteiger partial charge is 0.293 e. The van der Waals surface area contributed by atoms with Gasteiger partial charge in [0.25, 0.3) is 12.3 Å². The molecule has 0 bridgehead atoms. The van der Waals surface area contributed by atoms with E-state index in [1.807, 2.05) is 0 Å². The zero-order chi connectivity index (χ0) is 36.8. The lowest BCUT2D eigenvalue weighted by Crippen LogP contribution is -2.35. The number of carbonyl (C=O) groups excluding carboxylic acids is 1. The zero-order valence-electron chi connectivity index (χ0n) is 27.7. The Hall–Kier alpha value is -4.96. The van der Waals surface area contributed by atoms with Crippen molar-refractivity contribution in [2.24, 2.45) is 13.0 Å². The molecular weight excluding hydrogens is 714 g/mol. The molecule has 3 atom stereocenters. The predicted molar refractivity (Wildman–Crippen MR) is 177 cm³/mol. The van der Waals surface area contributed by atoms with Crippen LogP contribution in [0.25, 0.3) is 33.2 Å². The highest BCUT2D eigenvalue weighted by molar-refractivity contribution is 6.36. The molecule has 2 aliphatic rings. The van der Waals surface area contributed by atoms with Crippen LogP contribution in [0.1, 0.15) is 64.5 Å². The van der Waals surface area contributed by atoms with Crippen molar-refractivity contribution in [3.8, 4) is 11.1 Å². The second kappa shape index (κ2) is 12.3. The van der Waals surface area contributed by atoms with E-state index in [9.17, 15) is 22.4 Å². The summed E-state index contributed by atoms with van der Waals surface area (Å²) in [5, 5.41) is 12.2. The maximum Gasteiger partial charge on any atom is 0.293 e. The topological polar surface area (TPSA) is 116 Å². The summed E-state index contributed by atoms with van der Waals surface area (Å²) in [5.41, 5.74) is 1.72. The summed E-state index contributed by atoms with van der Waals surface area (Å²) in [5.74, 6) is -7.47. The number of nitrogens with zero attached hydrogens (tertiary/aromatic N) is 6. The number of benzene rings is 2. The highest BCUT2D eigenvalue weighted by Crippen LogP contribution is 2.68. The monoisotopic (exact) mass is 742 g/mol. The maximum atomic E-state index is 15.3. The average molecular weight is 743 g/mol. The van der Waals surface area contributed by atoms with E-state index in [4.69, 9.17) is 21.3 Å². The first-order valence-electron chi connectivity index (χ1n) is 16.3. The molecule has 2 aromatic carbocycles. The molecule has 0 saturated heterocycles. The Balaban J connectivity index is 1.28. The molecule has 0 spiro atoms. The molecule has 4 aromatic heterocycles. The largest absolute Gasteiger partial charge is 0.377 e. The van der Waals surface area contributed by atoms with Crippen molar-refractivity contribution in [1.82, 2.24) is 39.8 Å². The lowest BCUT2D eigenvalue weighted by Gasteiger charge is -2.23. The second-order valence-corrected chi connectivity index (χ2v) is 13.6. The summed E-state index contributed by atoms with van der Waals surface area (Å²) in [7, 11) is 3.23. The van der Waals surface area contributed by atoms with Crippen LogP contribution in [-0.4, -0.2) is 47.5 Å². The number of halogens is 7. The van der Waals surface area contributed by atoms with Crippen LogP contribution in [0, 0.1) is 24.5 Å². The fraction of sp³-hybridized carbons (Fsp3) is 0.343. The minimum Gasteiger partial charge on any atom is -0.377 e. The van der Waals surface area contributed by atoms with Crippen molar-refractivity contribution < 1.29 is 35.9 Å². The number of pyridine rings is 1. The van der Waals surface area contributed by atoms with E-state index in [1.54, 1.807) is 36.9 Å². The summed E-state index contributed by atoms with van der Waals surface area (Å²) in [4.78, 5) is 26.4. The van der Waals surface area contributed by atoms with E-state index in [0.717, 1.165) is 12.1 Å². The van der Waals surface area contributed by atoms with Gasteiger partial charge in [-0.25, -0.2) is 27.5 Å². The number of alkyl halides is 4. The number of aryl methyl sites for hydroxylation is 2. The number of rotatable bonds is 10. The third kappa shape index (κ3) is 5.59. The Labute approximate surface area is 296 Å². The molecule has 52 heavy (non-hydrogen) atoms. The van der Waals surface area contributed by atoms with Gasteiger partial charge in [-0.3, -0.25) is 14.2 Å². The Bertz CT molecular complexity index is 2400. The lowest BCUT2D eigenvalue weighted by atomic mass is 9.93. The first kappa shape index (κ1) is 34.1. The fourth-order valence-electron chi connectivity index (χ4n) is 7.62. The Morgan fingerprint density at radius 3 is 2.56 bits per heavy atom. The van der Waals surface area contributed by atoms with E-state index in [0.29, 0.717) is 54.8 Å². The van der Waals surface area contributed by atoms with E-state index < -0.39 is 65.7 Å². The van der Waals surface area contributed by atoms with Gasteiger partial charge in [0.2, 0.25) is 5.91 Å². The standard InChI is InChI=1S/C35H29ClF6N8O2/c1-14-27-22(36)5-4-18(31(27)49(2)47-14)19-11-24-34(45-25(43-24)13-52-3)46-29(19)23(8-15-6-16(37)9-17(38)7-15)44-26(51)12-50-32-28(30(48-50)33(39)40)20-10-21(20)35(32,41)42/h4-7,9,11,20-21,23,33H,8,10,12-13H2,1-3H3,(H,44,51)(H,43,45,46)/t20-,21+,23-/m0/s1. The van der Waals surface area contributed by atoms with Crippen LogP contribution in [-0.2, 0) is 42.1 Å². The van der Waals surface area contributed by atoms with Gasteiger partial charge in [-0.15, -0.1) is 0 Å². The molecule has 1 saturated carbocycles. The molecule has 0 aliphatic heterocycles. The minimum atomic E-state index is -3.44. The summed E-state index contributed by atoms with van der Waals surface area (Å²) in [6.45, 7) is 1.09. The van der Waals surface area contributed by atoms with Crippen LogP contribution in [0.4, 0.5) is 26.3 Å². The van der Waals surface area contributed by atoms with E-state index in [1.165, 1.54) is 7.11 Å². The first-order chi connectivity index (χ1) is 24.7. The van der Waals surface area contributed by atoms with E-state index in [-0.39, 0.29) is 41.9 Å². The molecular formula is C35H29ClF6N8O2. The SMILES string of the molecule is COCc1nc2nc([C@H](Cc3cc(F)cc(F)c3)NC(=O)Cn3nc(C(F)F)c4c3C(F)(F)[C@@H]3C[C@H]43)c(-c3ccc(Cl)c4c(C)nn(C)c34)cc2[nH]1. The van der Waals surface area contributed by atoms with Crippen molar-refractivity contribution in [3.63, 3.8) is 0 Å². The molecule has 0 radical (unpaired) electrons. The van der Waals surface area contributed by atoms with Gasteiger partial charge in [0.1, 0.15) is 42.0 Å². The van der Waals surface area contributed by atoms with Crippen molar-refractivity contribution >= 4 is 39.6 Å². The van der Waals surface area contributed by atoms with Crippen LogP contribution in [0.3, 0.4) is 0 Å². The van der Waals surface area contributed by atoms with Crippen LogP contribution < -0.4 is 5.32 Å². The third-order valence-electron chi connectivity index (χ3n) is 9.72. The van der Waals surface area contributed by atoms with Gasteiger partial charge in [-0.05, 0) is 55.5 Å². The molecule has 0 unspecified atom stereocenters. The number of H-pyrrole nitrogens is 1.